The molecule has 0 aliphatic rings. The minimum absolute atomic E-state index is 0.115. The average Bonchev–Trinajstić information content (AvgIpc) is 2.30. The Morgan fingerprint density at radius 1 is 1.41 bits per heavy atom. The fraction of sp³-hybridized carbons (Fsp3) is 0.462. The highest BCUT2D eigenvalue weighted by Gasteiger charge is 2.17. The standard InChI is InChI=1S/C13H20N2O2/c1-9(2)12(14)13(16)15-11-7-5-4-6-10(11)8-17-3/h4-7,9,12H,8,14H2,1-3H3,(H,15,16). The zero-order chi connectivity index (χ0) is 12.8. The molecule has 0 aromatic heterocycles. The van der Waals surface area contributed by atoms with E-state index in [-0.39, 0.29) is 11.8 Å². The number of nitrogens with two attached hydrogens (primary N) is 1. The molecule has 4 heteroatoms. The summed E-state index contributed by atoms with van der Waals surface area (Å²) < 4.78 is 5.08. The van der Waals surface area contributed by atoms with Crippen LogP contribution in [0.4, 0.5) is 5.69 Å². The zero-order valence-corrected chi connectivity index (χ0v) is 10.6. The van der Waals surface area contributed by atoms with Gasteiger partial charge in [-0.15, -0.1) is 0 Å². The second-order valence-corrected chi connectivity index (χ2v) is 4.35. The van der Waals surface area contributed by atoms with Crippen molar-refractivity contribution in [3.63, 3.8) is 0 Å². The lowest BCUT2D eigenvalue weighted by molar-refractivity contribution is -0.118. The van der Waals surface area contributed by atoms with Gasteiger partial charge < -0.3 is 15.8 Å². The summed E-state index contributed by atoms with van der Waals surface area (Å²) in [5.74, 6) is -0.0480. The normalized spacial score (nSPS) is 12.5. The van der Waals surface area contributed by atoms with Gasteiger partial charge in [0.1, 0.15) is 0 Å². The van der Waals surface area contributed by atoms with Gasteiger partial charge in [0.05, 0.1) is 12.6 Å². The number of ether oxygens (including phenoxy) is 1. The molecule has 1 atom stereocenters. The maximum Gasteiger partial charge on any atom is 0.241 e. The van der Waals surface area contributed by atoms with Crippen LogP contribution >= 0.6 is 0 Å². The minimum Gasteiger partial charge on any atom is -0.380 e. The summed E-state index contributed by atoms with van der Waals surface area (Å²) in [6.45, 7) is 4.31. The zero-order valence-electron chi connectivity index (χ0n) is 10.6. The highest BCUT2D eigenvalue weighted by molar-refractivity contribution is 5.95. The lowest BCUT2D eigenvalue weighted by atomic mass is 10.0. The first-order valence-corrected chi connectivity index (χ1v) is 5.69. The van der Waals surface area contributed by atoms with Gasteiger partial charge in [0.25, 0.3) is 0 Å². The molecule has 0 spiro atoms. The largest absolute Gasteiger partial charge is 0.380 e. The van der Waals surface area contributed by atoms with E-state index in [1.807, 2.05) is 38.1 Å². The molecule has 0 aliphatic carbocycles. The predicted molar refractivity (Wildman–Crippen MR) is 68.6 cm³/mol. The van der Waals surface area contributed by atoms with E-state index in [4.69, 9.17) is 10.5 Å². The van der Waals surface area contributed by atoms with Crippen molar-refractivity contribution in [3.8, 4) is 0 Å². The van der Waals surface area contributed by atoms with E-state index in [0.29, 0.717) is 6.61 Å². The van der Waals surface area contributed by atoms with Crippen LogP contribution in [-0.4, -0.2) is 19.1 Å². The molecule has 1 aromatic carbocycles. The minimum atomic E-state index is -0.495. The number of carbonyl (C=O) groups is 1. The van der Waals surface area contributed by atoms with E-state index in [1.54, 1.807) is 7.11 Å². The topological polar surface area (TPSA) is 64.3 Å². The first kappa shape index (κ1) is 13.7. The summed E-state index contributed by atoms with van der Waals surface area (Å²) in [6, 6.07) is 7.05. The Hall–Kier alpha value is -1.39. The van der Waals surface area contributed by atoms with Gasteiger partial charge >= 0.3 is 0 Å². The summed E-state index contributed by atoms with van der Waals surface area (Å²) in [5, 5.41) is 2.83. The van der Waals surface area contributed by atoms with Crippen molar-refractivity contribution < 1.29 is 9.53 Å². The van der Waals surface area contributed by atoms with Crippen molar-refractivity contribution in [1.29, 1.82) is 0 Å². The van der Waals surface area contributed by atoms with Gasteiger partial charge in [-0.1, -0.05) is 32.0 Å². The van der Waals surface area contributed by atoms with Crippen LogP contribution in [0, 0.1) is 5.92 Å². The molecular formula is C13H20N2O2. The molecule has 0 heterocycles. The van der Waals surface area contributed by atoms with E-state index in [9.17, 15) is 4.79 Å². The van der Waals surface area contributed by atoms with Gasteiger partial charge in [-0.05, 0) is 12.0 Å². The molecule has 3 N–H and O–H groups in total. The number of amides is 1. The molecule has 1 unspecified atom stereocenters. The monoisotopic (exact) mass is 236 g/mol. The van der Waals surface area contributed by atoms with Crippen LogP contribution in [0.1, 0.15) is 19.4 Å². The molecule has 0 aliphatic heterocycles. The maximum atomic E-state index is 11.8. The van der Waals surface area contributed by atoms with Crippen molar-refractivity contribution >= 4 is 11.6 Å². The van der Waals surface area contributed by atoms with Crippen LogP contribution in [0.3, 0.4) is 0 Å². The summed E-state index contributed by atoms with van der Waals surface area (Å²) in [7, 11) is 1.62. The number of hydrogen-bond acceptors (Lipinski definition) is 3. The quantitative estimate of drug-likeness (QED) is 0.818. The van der Waals surface area contributed by atoms with Gasteiger partial charge in [0.15, 0.2) is 0 Å². The molecule has 0 bridgehead atoms. The molecule has 17 heavy (non-hydrogen) atoms. The summed E-state index contributed by atoms with van der Waals surface area (Å²) in [6.07, 6.45) is 0. The van der Waals surface area contributed by atoms with Gasteiger partial charge in [-0.25, -0.2) is 0 Å². The van der Waals surface area contributed by atoms with Crippen molar-refractivity contribution in [3.05, 3.63) is 29.8 Å². The number of benzene rings is 1. The molecule has 0 fully saturated rings. The number of carbonyl (C=O) groups excluding carboxylic acids is 1. The van der Waals surface area contributed by atoms with Crippen LogP contribution < -0.4 is 11.1 Å². The van der Waals surface area contributed by atoms with Crippen LogP contribution in [0.2, 0.25) is 0 Å². The highest BCUT2D eigenvalue weighted by atomic mass is 16.5. The first-order chi connectivity index (χ1) is 8.06. The lowest BCUT2D eigenvalue weighted by Crippen LogP contribution is -2.39. The molecular weight excluding hydrogens is 216 g/mol. The Morgan fingerprint density at radius 2 is 2.06 bits per heavy atom. The summed E-state index contributed by atoms with van der Waals surface area (Å²) in [4.78, 5) is 11.8. The van der Waals surface area contributed by atoms with Crippen molar-refractivity contribution in [2.24, 2.45) is 11.7 Å². The third kappa shape index (κ3) is 3.84. The van der Waals surface area contributed by atoms with Crippen molar-refractivity contribution in [1.82, 2.24) is 0 Å². The number of hydrogen-bond donors (Lipinski definition) is 2. The average molecular weight is 236 g/mol. The van der Waals surface area contributed by atoms with Gasteiger partial charge in [0, 0.05) is 18.4 Å². The summed E-state index contributed by atoms with van der Waals surface area (Å²) >= 11 is 0. The molecule has 0 saturated carbocycles. The molecule has 1 amide bonds. The second kappa shape index (κ2) is 6.37. The van der Waals surface area contributed by atoms with Crippen molar-refractivity contribution in [2.75, 3.05) is 12.4 Å². The van der Waals surface area contributed by atoms with Gasteiger partial charge in [0.2, 0.25) is 5.91 Å². The Balaban J connectivity index is 2.77. The predicted octanol–water partition coefficient (Wildman–Crippen LogP) is 1.75. The van der Waals surface area contributed by atoms with Crippen LogP contribution in [-0.2, 0) is 16.1 Å². The Labute approximate surface area is 102 Å². The van der Waals surface area contributed by atoms with E-state index in [1.165, 1.54) is 0 Å². The van der Waals surface area contributed by atoms with Crippen LogP contribution in [0.25, 0.3) is 0 Å². The van der Waals surface area contributed by atoms with Crippen LogP contribution in [0.15, 0.2) is 24.3 Å². The smallest absolute Gasteiger partial charge is 0.241 e. The van der Waals surface area contributed by atoms with Gasteiger partial charge in [-0.3, -0.25) is 4.79 Å². The number of para-hydroxylation sites is 1. The molecule has 0 radical (unpaired) electrons. The van der Waals surface area contributed by atoms with E-state index in [2.05, 4.69) is 5.32 Å². The van der Waals surface area contributed by atoms with Crippen LogP contribution in [0.5, 0.6) is 0 Å². The maximum absolute atomic E-state index is 11.8. The van der Waals surface area contributed by atoms with E-state index < -0.39 is 6.04 Å². The molecule has 1 rings (SSSR count). The van der Waals surface area contributed by atoms with E-state index >= 15 is 0 Å². The third-order valence-corrected chi connectivity index (χ3v) is 2.60. The SMILES string of the molecule is COCc1ccccc1NC(=O)C(N)C(C)C. The highest BCUT2D eigenvalue weighted by Crippen LogP contribution is 2.16. The first-order valence-electron chi connectivity index (χ1n) is 5.69. The van der Waals surface area contributed by atoms with Crippen molar-refractivity contribution in [2.45, 2.75) is 26.5 Å². The molecule has 0 saturated heterocycles. The number of methoxy groups -OCH3 is 1. The van der Waals surface area contributed by atoms with Gasteiger partial charge in [-0.2, -0.15) is 0 Å². The summed E-state index contributed by atoms with van der Waals surface area (Å²) in [5.41, 5.74) is 7.49. The van der Waals surface area contributed by atoms with E-state index in [0.717, 1.165) is 11.3 Å². The third-order valence-electron chi connectivity index (χ3n) is 2.60. The lowest BCUT2D eigenvalue weighted by Gasteiger charge is -2.17. The second-order valence-electron chi connectivity index (χ2n) is 4.35. The molecule has 4 nitrogen and oxygen atoms in total. The molecule has 94 valence electrons. The Bertz CT molecular complexity index is 377. The fourth-order valence-corrected chi connectivity index (χ4v) is 1.44. The number of nitrogens with one attached hydrogen (secondary N) is 1. The Morgan fingerprint density at radius 3 is 2.65 bits per heavy atom. The number of anilines is 1. The number of rotatable bonds is 5. The molecule has 1 aromatic rings. The fourth-order valence-electron chi connectivity index (χ4n) is 1.44. The Kier molecular flexibility index (Phi) is 5.12.